The van der Waals surface area contributed by atoms with Gasteiger partial charge in [0, 0.05) is 32.2 Å². The van der Waals surface area contributed by atoms with E-state index in [-0.39, 0.29) is 0 Å². The number of likely N-dealkylation sites (N-methyl/N-ethyl adjacent to an activating group) is 1. The Labute approximate surface area is 117 Å². The average molecular weight is 267 g/mol. The highest BCUT2D eigenvalue weighted by Gasteiger charge is 2.24. The summed E-state index contributed by atoms with van der Waals surface area (Å²) in [5.41, 5.74) is 5.90. The number of nitrogens with two attached hydrogens (primary N) is 1. The summed E-state index contributed by atoms with van der Waals surface area (Å²) in [5, 5.41) is 0. The third-order valence-corrected chi connectivity index (χ3v) is 4.76. The van der Waals surface area contributed by atoms with Gasteiger partial charge in [0.2, 0.25) is 5.91 Å². The number of carbonyl (C=O) groups is 1. The highest BCUT2D eigenvalue weighted by molar-refractivity contribution is 5.78. The molecule has 2 aliphatic rings. The van der Waals surface area contributed by atoms with Crippen LogP contribution in [0.3, 0.4) is 0 Å². The Bertz CT molecular complexity index is 279. The van der Waals surface area contributed by atoms with Crippen molar-refractivity contribution < 1.29 is 4.79 Å². The smallest absolute Gasteiger partial charge is 0.236 e. The van der Waals surface area contributed by atoms with E-state index in [1.807, 2.05) is 11.9 Å². The van der Waals surface area contributed by atoms with Crippen LogP contribution in [0.2, 0.25) is 0 Å². The molecule has 4 nitrogen and oxygen atoms in total. The molecule has 0 unspecified atom stereocenters. The van der Waals surface area contributed by atoms with Crippen molar-refractivity contribution in [2.24, 2.45) is 5.73 Å². The number of carbonyl (C=O) groups excluding carboxylic acids is 1. The van der Waals surface area contributed by atoms with Crippen LogP contribution in [-0.4, -0.2) is 54.5 Å². The zero-order valence-electron chi connectivity index (χ0n) is 12.3. The van der Waals surface area contributed by atoms with E-state index < -0.39 is 0 Å². The summed E-state index contributed by atoms with van der Waals surface area (Å²) in [6.07, 6.45) is 9.66. The number of amides is 1. The molecule has 1 aliphatic carbocycles. The summed E-state index contributed by atoms with van der Waals surface area (Å²) in [4.78, 5) is 16.6. The lowest BCUT2D eigenvalue weighted by molar-refractivity contribution is -0.133. The number of hydrogen-bond acceptors (Lipinski definition) is 3. The second-order valence-corrected chi connectivity index (χ2v) is 6.26. The fraction of sp³-hybridized carbons (Fsp3) is 0.933. The molecule has 1 amide bonds. The van der Waals surface area contributed by atoms with Crippen molar-refractivity contribution in [1.29, 1.82) is 0 Å². The Kier molecular flexibility index (Phi) is 5.64. The predicted octanol–water partition coefficient (Wildman–Crippen LogP) is 1.59. The Morgan fingerprint density at radius 2 is 1.68 bits per heavy atom. The standard InChI is InChI=1S/C15H29N3O/c1-17(14-6-4-2-3-5-7-14)15(19)12-18-10-8-13(16)9-11-18/h13-14H,2-12,16H2,1H3. The normalized spacial score (nSPS) is 24.1. The van der Waals surface area contributed by atoms with Gasteiger partial charge >= 0.3 is 0 Å². The molecule has 0 spiro atoms. The van der Waals surface area contributed by atoms with Crippen LogP contribution in [0.15, 0.2) is 0 Å². The molecular weight excluding hydrogens is 238 g/mol. The molecule has 0 atom stereocenters. The van der Waals surface area contributed by atoms with Gasteiger partial charge in [-0.25, -0.2) is 0 Å². The van der Waals surface area contributed by atoms with Crippen LogP contribution < -0.4 is 5.73 Å². The van der Waals surface area contributed by atoms with E-state index in [1.54, 1.807) is 0 Å². The second kappa shape index (κ2) is 7.25. The van der Waals surface area contributed by atoms with Gasteiger partial charge in [0.15, 0.2) is 0 Å². The highest BCUT2D eigenvalue weighted by Crippen LogP contribution is 2.21. The van der Waals surface area contributed by atoms with Crippen LogP contribution in [0.25, 0.3) is 0 Å². The van der Waals surface area contributed by atoms with E-state index in [9.17, 15) is 4.79 Å². The molecule has 2 N–H and O–H groups in total. The van der Waals surface area contributed by atoms with E-state index in [2.05, 4.69) is 4.90 Å². The monoisotopic (exact) mass is 267 g/mol. The lowest BCUT2D eigenvalue weighted by atomic mass is 10.1. The van der Waals surface area contributed by atoms with Gasteiger partial charge in [0.25, 0.3) is 0 Å². The van der Waals surface area contributed by atoms with Crippen LogP contribution in [0, 0.1) is 0 Å². The van der Waals surface area contributed by atoms with Crippen molar-refractivity contribution in [1.82, 2.24) is 9.80 Å². The molecule has 1 heterocycles. The zero-order valence-corrected chi connectivity index (χ0v) is 12.3. The molecule has 110 valence electrons. The Balaban J connectivity index is 1.78. The van der Waals surface area contributed by atoms with Gasteiger partial charge in [-0.3, -0.25) is 9.69 Å². The Hall–Kier alpha value is -0.610. The number of piperidine rings is 1. The first-order valence-corrected chi connectivity index (χ1v) is 7.90. The van der Waals surface area contributed by atoms with E-state index in [1.165, 1.54) is 38.5 Å². The van der Waals surface area contributed by atoms with Crippen molar-refractivity contribution in [3.63, 3.8) is 0 Å². The van der Waals surface area contributed by atoms with Gasteiger partial charge in [0.05, 0.1) is 6.54 Å². The maximum absolute atomic E-state index is 12.4. The van der Waals surface area contributed by atoms with Gasteiger partial charge in [0.1, 0.15) is 0 Å². The maximum atomic E-state index is 12.4. The minimum atomic E-state index is 0.294. The number of hydrogen-bond donors (Lipinski definition) is 1. The minimum absolute atomic E-state index is 0.294. The molecule has 0 radical (unpaired) electrons. The molecule has 19 heavy (non-hydrogen) atoms. The van der Waals surface area contributed by atoms with Gasteiger partial charge < -0.3 is 10.6 Å². The summed E-state index contributed by atoms with van der Waals surface area (Å²) >= 11 is 0. The quantitative estimate of drug-likeness (QED) is 0.790. The topological polar surface area (TPSA) is 49.6 Å². The molecule has 0 aromatic heterocycles. The molecule has 0 aromatic carbocycles. The van der Waals surface area contributed by atoms with E-state index in [4.69, 9.17) is 5.73 Å². The first-order valence-electron chi connectivity index (χ1n) is 7.90. The SMILES string of the molecule is CN(C(=O)CN1CCC(N)CC1)C1CCCCCC1. The molecule has 0 bridgehead atoms. The predicted molar refractivity (Wildman–Crippen MR) is 77.9 cm³/mol. The fourth-order valence-corrected chi connectivity index (χ4v) is 3.26. The first-order chi connectivity index (χ1) is 9.16. The lowest BCUT2D eigenvalue weighted by Crippen LogP contribution is -2.47. The van der Waals surface area contributed by atoms with Crippen LogP contribution in [0.4, 0.5) is 0 Å². The maximum Gasteiger partial charge on any atom is 0.236 e. The van der Waals surface area contributed by atoms with Gasteiger partial charge in [-0.05, 0) is 25.7 Å². The lowest BCUT2D eigenvalue weighted by Gasteiger charge is -2.33. The summed E-state index contributed by atoms with van der Waals surface area (Å²) in [6, 6.07) is 0.813. The summed E-state index contributed by atoms with van der Waals surface area (Å²) in [5.74, 6) is 0.294. The summed E-state index contributed by atoms with van der Waals surface area (Å²) in [6.45, 7) is 2.54. The summed E-state index contributed by atoms with van der Waals surface area (Å²) in [7, 11) is 1.99. The molecule has 4 heteroatoms. The Morgan fingerprint density at radius 1 is 1.11 bits per heavy atom. The summed E-state index contributed by atoms with van der Waals surface area (Å²) < 4.78 is 0. The van der Waals surface area contributed by atoms with Gasteiger partial charge in [-0.15, -0.1) is 0 Å². The van der Waals surface area contributed by atoms with Crippen LogP contribution in [0.5, 0.6) is 0 Å². The van der Waals surface area contributed by atoms with Gasteiger partial charge in [-0.1, -0.05) is 25.7 Å². The highest BCUT2D eigenvalue weighted by atomic mass is 16.2. The van der Waals surface area contributed by atoms with E-state index in [0.717, 1.165) is 25.9 Å². The van der Waals surface area contributed by atoms with Crippen molar-refractivity contribution in [3.05, 3.63) is 0 Å². The van der Waals surface area contributed by atoms with Crippen LogP contribution in [0.1, 0.15) is 51.4 Å². The van der Waals surface area contributed by atoms with Crippen LogP contribution >= 0.6 is 0 Å². The van der Waals surface area contributed by atoms with Crippen molar-refractivity contribution >= 4 is 5.91 Å². The van der Waals surface area contributed by atoms with Gasteiger partial charge in [-0.2, -0.15) is 0 Å². The Morgan fingerprint density at radius 3 is 2.26 bits per heavy atom. The van der Waals surface area contributed by atoms with Crippen molar-refractivity contribution in [2.45, 2.75) is 63.5 Å². The molecule has 1 aliphatic heterocycles. The third-order valence-electron chi connectivity index (χ3n) is 4.76. The number of likely N-dealkylation sites (tertiary alicyclic amines) is 1. The largest absolute Gasteiger partial charge is 0.342 e. The molecule has 1 saturated heterocycles. The molecule has 2 rings (SSSR count). The fourth-order valence-electron chi connectivity index (χ4n) is 3.26. The number of nitrogens with zero attached hydrogens (tertiary/aromatic N) is 2. The zero-order chi connectivity index (χ0) is 13.7. The van der Waals surface area contributed by atoms with Crippen molar-refractivity contribution in [2.75, 3.05) is 26.7 Å². The molecular formula is C15H29N3O. The molecule has 2 fully saturated rings. The molecule has 1 saturated carbocycles. The first kappa shape index (κ1) is 14.8. The molecule has 0 aromatic rings. The number of rotatable bonds is 3. The second-order valence-electron chi connectivity index (χ2n) is 6.26. The average Bonchev–Trinajstić information content (AvgIpc) is 2.69. The van der Waals surface area contributed by atoms with Crippen molar-refractivity contribution in [3.8, 4) is 0 Å². The minimum Gasteiger partial charge on any atom is -0.342 e. The van der Waals surface area contributed by atoms with Crippen LogP contribution in [-0.2, 0) is 4.79 Å². The van der Waals surface area contributed by atoms with E-state index >= 15 is 0 Å². The third kappa shape index (κ3) is 4.46. The van der Waals surface area contributed by atoms with E-state index in [0.29, 0.717) is 24.5 Å².